The molecule has 3 aromatic carbocycles. The quantitative estimate of drug-likeness (QED) is 0.556. The minimum Gasteiger partial charge on any atom is -0.322 e. The fourth-order valence-electron chi connectivity index (χ4n) is 3.09. The zero-order chi connectivity index (χ0) is 20.9. The smallest absolute Gasteiger partial charge is 0.255 e. The predicted molar refractivity (Wildman–Crippen MR) is 117 cm³/mol. The molecule has 0 aliphatic rings. The largest absolute Gasteiger partial charge is 0.322 e. The summed E-state index contributed by atoms with van der Waals surface area (Å²) in [5, 5.41) is 3.45. The molecule has 0 radical (unpaired) electrons. The van der Waals surface area contributed by atoms with Gasteiger partial charge in [0.05, 0.1) is 10.6 Å². The van der Waals surface area contributed by atoms with Crippen LogP contribution in [0.15, 0.2) is 77.7 Å². The number of rotatable bonds is 7. The number of carbonyl (C=O) groups excluding carboxylic acids is 1. The molecule has 0 saturated heterocycles. The summed E-state index contributed by atoms with van der Waals surface area (Å²) in [5.41, 5.74) is 3.12. The molecular weight excluding hydrogens is 406 g/mol. The van der Waals surface area contributed by atoms with Crippen LogP contribution in [0.5, 0.6) is 0 Å². The molecule has 150 valence electrons. The lowest BCUT2D eigenvalue weighted by Gasteiger charge is -2.12. The summed E-state index contributed by atoms with van der Waals surface area (Å²) in [6.07, 6.45) is 0.985. The second-order valence-corrected chi connectivity index (χ2v) is 9.35. The number of anilines is 1. The Bertz CT molecular complexity index is 1110. The first-order valence-electron chi connectivity index (χ1n) is 9.30. The topological polar surface area (TPSA) is 63.2 Å². The molecule has 0 bridgehead atoms. The first kappa shape index (κ1) is 21.1. The first-order valence-corrected chi connectivity index (χ1v) is 11.3. The Hall–Kier alpha value is -2.63. The van der Waals surface area contributed by atoms with Crippen LogP contribution in [0, 0.1) is 6.92 Å². The third-order valence-electron chi connectivity index (χ3n) is 4.69. The van der Waals surface area contributed by atoms with Gasteiger partial charge < -0.3 is 5.32 Å². The van der Waals surface area contributed by atoms with Gasteiger partial charge in [-0.05, 0) is 67.3 Å². The minimum absolute atomic E-state index is 0.0225. The van der Waals surface area contributed by atoms with E-state index in [4.69, 9.17) is 11.6 Å². The Morgan fingerprint density at radius 3 is 2.31 bits per heavy atom. The highest BCUT2D eigenvalue weighted by atomic mass is 35.5. The highest BCUT2D eigenvalue weighted by Crippen LogP contribution is 2.21. The lowest BCUT2D eigenvalue weighted by Crippen LogP contribution is -2.15. The van der Waals surface area contributed by atoms with Crippen LogP contribution in [-0.2, 0) is 16.3 Å². The molecule has 0 saturated carbocycles. The van der Waals surface area contributed by atoms with E-state index in [1.807, 2.05) is 49.4 Å². The number of hydrogen-bond donors (Lipinski definition) is 1. The third-order valence-corrected chi connectivity index (χ3v) is 6.76. The fourth-order valence-corrected chi connectivity index (χ4v) is 4.53. The van der Waals surface area contributed by atoms with Gasteiger partial charge in [-0.3, -0.25) is 4.79 Å². The molecule has 6 heteroatoms. The molecular formula is C23H22ClNO3S. The van der Waals surface area contributed by atoms with E-state index in [1.54, 1.807) is 18.2 Å². The molecule has 3 rings (SSSR count). The van der Waals surface area contributed by atoms with E-state index in [-0.39, 0.29) is 16.6 Å². The zero-order valence-electron chi connectivity index (χ0n) is 16.1. The van der Waals surface area contributed by atoms with Crippen molar-refractivity contribution in [3.63, 3.8) is 0 Å². The standard InChI is InChI=1S/C23H22ClNO3S/c1-17-7-2-4-10-21(17)23(26)25-22-11-5-3-8-18(22)9-6-16-29(27,28)20-14-12-19(24)13-15-20/h2-5,7-8,10-15H,6,9,16H2,1H3,(H,25,26). The van der Waals surface area contributed by atoms with Gasteiger partial charge in [0.25, 0.3) is 5.91 Å². The second kappa shape index (κ2) is 9.25. The average Bonchev–Trinajstić information content (AvgIpc) is 2.70. The molecule has 0 aromatic heterocycles. The predicted octanol–water partition coefficient (Wildman–Crippen LogP) is 5.31. The molecule has 0 atom stereocenters. The van der Waals surface area contributed by atoms with Crippen molar-refractivity contribution in [3.8, 4) is 0 Å². The maximum Gasteiger partial charge on any atom is 0.255 e. The zero-order valence-corrected chi connectivity index (χ0v) is 17.6. The van der Waals surface area contributed by atoms with Crippen LogP contribution in [0.3, 0.4) is 0 Å². The van der Waals surface area contributed by atoms with Crippen LogP contribution in [-0.4, -0.2) is 20.1 Å². The van der Waals surface area contributed by atoms with E-state index in [2.05, 4.69) is 5.32 Å². The fraction of sp³-hybridized carbons (Fsp3) is 0.174. The third kappa shape index (κ3) is 5.46. The maximum absolute atomic E-state index is 12.6. The van der Waals surface area contributed by atoms with E-state index >= 15 is 0 Å². The molecule has 0 aliphatic heterocycles. The highest BCUT2D eigenvalue weighted by Gasteiger charge is 2.15. The Labute approximate surface area is 176 Å². The Morgan fingerprint density at radius 1 is 0.931 bits per heavy atom. The van der Waals surface area contributed by atoms with Crippen molar-refractivity contribution in [2.45, 2.75) is 24.7 Å². The van der Waals surface area contributed by atoms with E-state index in [9.17, 15) is 13.2 Å². The van der Waals surface area contributed by atoms with Gasteiger partial charge in [0.15, 0.2) is 9.84 Å². The Morgan fingerprint density at radius 2 is 1.59 bits per heavy atom. The van der Waals surface area contributed by atoms with Crippen molar-refractivity contribution in [1.29, 1.82) is 0 Å². The Kier molecular flexibility index (Phi) is 6.72. The SMILES string of the molecule is Cc1ccccc1C(=O)Nc1ccccc1CCCS(=O)(=O)c1ccc(Cl)cc1. The molecule has 0 spiro atoms. The number of benzene rings is 3. The van der Waals surface area contributed by atoms with Crippen LogP contribution in [0.4, 0.5) is 5.69 Å². The van der Waals surface area contributed by atoms with E-state index in [0.29, 0.717) is 29.1 Å². The van der Waals surface area contributed by atoms with Gasteiger partial charge in [0, 0.05) is 16.3 Å². The van der Waals surface area contributed by atoms with Gasteiger partial charge in [-0.25, -0.2) is 8.42 Å². The van der Waals surface area contributed by atoms with Crippen molar-refractivity contribution >= 4 is 33.0 Å². The molecule has 3 aromatic rings. The van der Waals surface area contributed by atoms with E-state index in [0.717, 1.165) is 11.1 Å². The summed E-state index contributed by atoms with van der Waals surface area (Å²) in [6.45, 7) is 1.89. The van der Waals surface area contributed by atoms with Gasteiger partial charge in [-0.15, -0.1) is 0 Å². The molecule has 0 fully saturated rings. The van der Waals surface area contributed by atoms with Crippen LogP contribution < -0.4 is 5.32 Å². The van der Waals surface area contributed by atoms with Gasteiger partial charge in [-0.1, -0.05) is 48.0 Å². The van der Waals surface area contributed by atoms with Gasteiger partial charge in [0.1, 0.15) is 0 Å². The van der Waals surface area contributed by atoms with Crippen molar-refractivity contribution in [3.05, 3.63) is 94.5 Å². The summed E-state index contributed by atoms with van der Waals surface area (Å²) in [7, 11) is -3.38. The lowest BCUT2D eigenvalue weighted by atomic mass is 10.1. The minimum atomic E-state index is -3.38. The van der Waals surface area contributed by atoms with Crippen molar-refractivity contribution in [2.24, 2.45) is 0 Å². The monoisotopic (exact) mass is 427 g/mol. The van der Waals surface area contributed by atoms with E-state index in [1.165, 1.54) is 12.1 Å². The van der Waals surface area contributed by atoms with Crippen LogP contribution >= 0.6 is 11.6 Å². The Balaban J connectivity index is 1.67. The summed E-state index contributed by atoms with van der Waals surface area (Å²) in [4.78, 5) is 12.9. The van der Waals surface area contributed by atoms with E-state index < -0.39 is 9.84 Å². The van der Waals surface area contributed by atoms with Gasteiger partial charge in [-0.2, -0.15) is 0 Å². The average molecular weight is 428 g/mol. The number of hydrogen-bond acceptors (Lipinski definition) is 3. The number of aryl methyl sites for hydroxylation is 2. The maximum atomic E-state index is 12.6. The van der Waals surface area contributed by atoms with Crippen LogP contribution in [0.1, 0.15) is 27.9 Å². The van der Waals surface area contributed by atoms with Gasteiger partial charge in [0.2, 0.25) is 0 Å². The van der Waals surface area contributed by atoms with Gasteiger partial charge >= 0.3 is 0 Å². The first-order chi connectivity index (χ1) is 13.9. The number of amides is 1. The summed E-state index contributed by atoms with van der Waals surface area (Å²) in [5.74, 6) is -0.154. The normalized spacial score (nSPS) is 11.2. The summed E-state index contributed by atoms with van der Waals surface area (Å²) in [6, 6.07) is 21.1. The molecule has 1 N–H and O–H groups in total. The number of nitrogens with one attached hydrogen (secondary N) is 1. The molecule has 1 amide bonds. The van der Waals surface area contributed by atoms with Crippen LogP contribution in [0.2, 0.25) is 5.02 Å². The number of para-hydroxylation sites is 1. The molecule has 0 aliphatic carbocycles. The molecule has 0 heterocycles. The summed E-state index contributed by atoms with van der Waals surface area (Å²) >= 11 is 5.83. The number of halogens is 1. The lowest BCUT2D eigenvalue weighted by molar-refractivity contribution is 0.102. The highest BCUT2D eigenvalue weighted by molar-refractivity contribution is 7.91. The summed E-state index contributed by atoms with van der Waals surface area (Å²) < 4.78 is 25.0. The van der Waals surface area contributed by atoms with Crippen LogP contribution in [0.25, 0.3) is 0 Å². The molecule has 29 heavy (non-hydrogen) atoms. The number of carbonyl (C=O) groups is 1. The molecule has 0 unspecified atom stereocenters. The second-order valence-electron chi connectivity index (χ2n) is 6.80. The number of sulfone groups is 1. The molecule has 4 nitrogen and oxygen atoms in total. The van der Waals surface area contributed by atoms with Crippen molar-refractivity contribution in [2.75, 3.05) is 11.1 Å². The van der Waals surface area contributed by atoms with Crippen molar-refractivity contribution in [1.82, 2.24) is 0 Å². The van der Waals surface area contributed by atoms with Crippen molar-refractivity contribution < 1.29 is 13.2 Å².